The maximum atomic E-state index is 12.1. The van der Waals surface area contributed by atoms with Gasteiger partial charge < -0.3 is 15.5 Å². The summed E-state index contributed by atoms with van der Waals surface area (Å²) in [6, 6.07) is 0.752. The average molecular weight is 313 g/mol. The first kappa shape index (κ1) is 19.2. The van der Waals surface area contributed by atoms with Gasteiger partial charge in [0.1, 0.15) is 0 Å². The number of carbonyl (C=O) groups is 1. The summed E-state index contributed by atoms with van der Waals surface area (Å²) in [5.41, 5.74) is 0. The van der Waals surface area contributed by atoms with Gasteiger partial charge in [0, 0.05) is 18.6 Å². The molecule has 0 aromatic rings. The van der Waals surface area contributed by atoms with E-state index in [2.05, 4.69) is 55.2 Å². The Kier molecular flexibility index (Phi) is 8.79. The Morgan fingerprint density at radius 2 is 1.82 bits per heavy atom. The molecule has 2 N–H and O–H groups in total. The number of carbonyl (C=O) groups excluding carboxylic acids is 1. The maximum absolute atomic E-state index is 12.1. The third-order valence-electron chi connectivity index (χ3n) is 4.62. The van der Waals surface area contributed by atoms with Crippen LogP contribution in [0.15, 0.2) is 0 Å². The molecule has 22 heavy (non-hydrogen) atoms. The predicted octanol–water partition coefficient (Wildman–Crippen LogP) is 2.14. The van der Waals surface area contributed by atoms with Crippen molar-refractivity contribution in [1.82, 2.24) is 20.4 Å². The summed E-state index contributed by atoms with van der Waals surface area (Å²) in [4.78, 5) is 16.9. The van der Waals surface area contributed by atoms with Crippen molar-refractivity contribution < 1.29 is 4.79 Å². The van der Waals surface area contributed by atoms with Crippen LogP contribution in [0.5, 0.6) is 0 Å². The van der Waals surface area contributed by atoms with Gasteiger partial charge in [0.15, 0.2) is 0 Å². The zero-order valence-electron chi connectivity index (χ0n) is 15.2. The van der Waals surface area contributed by atoms with Gasteiger partial charge in [0.2, 0.25) is 0 Å². The number of nitrogens with one attached hydrogen (secondary N) is 2. The fraction of sp³-hybridized carbons (Fsp3) is 0.941. The molecule has 1 aliphatic rings. The summed E-state index contributed by atoms with van der Waals surface area (Å²) in [6.07, 6.45) is 3.22. The second-order valence-electron chi connectivity index (χ2n) is 6.94. The van der Waals surface area contributed by atoms with Gasteiger partial charge in [-0.25, -0.2) is 4.79 Å². The fourth-order valence-electron chi connectivity index (χ4n) is 3.25. The lowest BCUT2D eigenvalue weighted by molar-refractivity contribution is 0.180. The van der Waals surface area contributed by atoms with Crippen LogP contribution >= 0.6 is 0 Å². The number of hydrogen-bond acceptors (Lipinski definition) is 3. The smallest absolute Gasteiger partial charge is 0.315 e. The van der Waals surface area contributed by atoms with Crippen molar-refractivity contribution in [2.75, 3.05) is 39.8 Å². The highest BCUT2D eigenvalue weighted by Crippen LogP contribution is 2.11. The van der Waals surface area contributed by atoms with E-state index in [9.17, 15) is 4.79 Å². The molecule has 5 nitrogen and oxygen atoms in total. The monoisotopic (exact) mass is 312 g/mol. The van der Waals surface area contributed by atoms with Crippen LogP contribution in [0, 0.1) is 5.92 Å². The number of piperidine rings is 1. The number of urea groups is 1. The minimum Gasteiger partial charge on any atom is -0.337 e. The second-order valence-corrected chi connectivity index (χ2v) is 6.94. The van der Waals surface area contributed by atoms with Crippen molar-refractivity contribution in [2.24, 2.45) is 5.92 Å². The molecular formula is C17H36N4O. The summed E-state index contributed by atoms with van der Waals surface area (Å²) in [5.74, 6) is 0.643. The van der Waals surface area contributed by atoms with E-state index < -0.39 is 0 Å². The summed E-state index contributed by atoms with van der Waals surface area (Å²) in [5, 5.41) is 6.22. The lowest BCUT2D eigenvalue weighted by Crippen LogP contribution is -2.50. The van der Waals surface area contributed by atoms with Crippen LogP contribution < -0.4 is 10.6 Å². The summed E-state index contributed by atoms with van der Waals surface area (Å²) >= 11 is 0. The lowest BCUT2D eigenvalue weighted by Gasteiger charge is -2.32. The average Bonchev–Trinajstić information content (AvgIpc) is 2.47. The molecule has 1 fully saturated rings. The first-order valence-electron chi connectivity index (χ1n) is 8.93. The molecular weight excluding hydrogens is 276 g/mol. The fourth-order valence-corrected chi connectivity index (χ4v) is 3.25. The molecule has 1 atom stereocenters. The molecule has 0 saturated carbocycles. The van der Waals surface area contributed by atoms with E-state index in [4.69, 9.17) is 0 Å². The van der Waals surface area contributed by atoms with E-state index in [0.29, 0.717) is 18.0 Å². The highest BCUT2D eigenvalue weighted by Gasteiger charge is 2.20. The molecule has 0 aliphatic carbocycles. The van der Waals surface area contributed by atoms with Gasteiger partial charge in [0.25, 0.3) is 0 Å². The van der Waals surface area contributed by atoms with Crippen molar-refractivity contribution >= 4 is 6.03 Å². The van der Waals surface area contributed by atoms with Crippen LogP contribution in [0.3, 0.4) is 0 Å². The van der Waals surface area contributed by atoms with E-state index in [1.54, 1.807) is 0 Å². The largest absolute Gasteiger partial charge is 0.337 e. The Bertz CT molecular complexity index is 310. The zero-order chi connectivity index (χ0) is 16.5. The Morgan fingerprint density at radius 1 is 1.23 bits per heavy atom. The summed E-state index contributed by atoms with van der Waals surface area (Å²) < 4.78 is 0. The standard InChI is InChI=1S/C17H36N4O/c1-6-21(7-2)16(12-14(3)4)13-18-17(22)19-15-8-10-20(5)11-9-15/h14-16H,6-13H2,1-5H3,(H2,18,19,22). The van der Waals surface area contributed by atoms with Crippen LogP contribution in [0.4, 0.5) is 4.79 Å². The van der Waals surface area contributed by atoms with Gasteiger partial charge in [-0.15, -0.1) is 0 Å². The highest BCUT2D eigenvalue weighted by atomic mass is 16.2. The molecule has 1 heterocycles. The van der Waals surface area contributed by atoms with Gasteiger partial charge in [-0.05, 0) is 58.4 Å². The number of likely N-dealkylation sites (N-methyl/N-ethyl adjacent to an activating group) is 1. The molecule has 1 saturated heterocycles. The van der Waals surface area contributed by atoms with E-state index in [0.717, 1.165) is 52.0 Å². The van der Waals surface area contributed by atoms with Gasteiger partial charge >= 0.3 is 6.03 Å². The van der Waals surface area contributed by atoms with E-state index in [1.807, 2.05) is 0 Å². The van der Waals surface area contributed by atoms with Crippen molar-refractivity contribution in [3.63, 3.8) is 0 Å². The van der Waals surface area contributed by atoms with Gasteiger partial charge in [-0.2, -0.15) is 0 Å². The molecule has 0 aromatic heterocycles. The maximum Gasteiger partial charge on any atom is 0.315 e. The Balaban J connectivity index is 2.37. The normalized spacial score (nSPS) is 18.7. The molecule has 2 amide bonds. The first-order chi connectivity index (χ1) is 10.5. The Morgan fingerprint density at radius 3 is 2.32 bits per heavy atom. The number of rotatable bonds is 8. The number of hydrogen-bond donors (Lipinski definition) is 2. The van der Waals surface area contributed by atoms with Crippen LogP contribution in [-0.2, 0) is 0 Å². The lowest BCUT2D eigenvalue weighted by atomic mass is 10.0. The van der Waals surface area contributed by atoms with Crippen LogP contribution in [0.25, 0.3) is 0 Å². The van der Waals surface area contributed by atoms with Crippen LogP contribution in [0.2, 0.25) is 0 Å². The number of likely N-dealkylation sites (tertiary alicyclic amines) is 1. The Labute approximate surface area is 136 Å². The highest BCUT2D eigenvalue weighted by molar-refractivity contribution is 5.74. The molecule has 0 radical (unpaired) electrons. The first-order valence-corrected chi connectivity index (χ1v) is 8.93. The SMILES string of the molecule is CCN(CC)C(CNC(=O)NC1CCN(C)CC1)CC(C)C. The van der Waals surface area contributed by atoms with Gasteiger partial charge in [-0.1, -0.05) is 27.7 Å². The van der Waals surface area contributed by atoms with E-state index in [-0.39, 0.29) is 6.03 Å². The molecule has 0 bridgehead atoms. The Hall–Kier alpha value is -0.810. The third-order valence-corrected chi connectivity index (χ3v) is 4.62. The van der Waals surface area contributed by atoms with Crippen molar-refractivity contribution in [2.45, 2.75) is 59.0 Å². The zero-order valence-corrected chi connectivity index (χ0v) is 15.2. The molecule has 5 heteroatoms. The molecule has 0 aromatic carbocycles. The molecule has 1 aliphatic heterocycles. The summed E-state index contributed by atoms with van der Waals surface area (Å²) in [7, 11) is 2.14. The minimum absolute atomic E-state index is 0.00420. The van der Waals surface area contributed by atoms with Gasteiger partial charge in [0.05, 0.1) is 0 Å². The third kappa shape index (κ3) is 6.97. The van der Waals surface area contributed by atoms with E-state index in [1.165, 1.54) is 0 Å². The van der Waals surface area contributed by atoms with Crippen molar-refractivity contribution in [3.05, 3.63) is 0 Å². The molecule has 0 spiro atoms. The molecule has 1 rings (SSSR count). The van der Waals surface area contributed by atoms with Crippen LogP contribution in [-0.4, -0.2) is 67.7 Å². The predicted molar refractivity (Wildman–Crippen MR) is 93.2 cm³/mol. The van der Waals surface area contributed by atoms with Crippen molar-refractivity contribution in [3.8, 4) is 0 Å². The number of nitrogens with zero attached hydrogens (tertiary/aromatic N) is 2. The quantitative estimate of drug-likeness (QED) is 0.722. The number of amides is 2. The molecule has 130 valence electrons. The summed E-state index contributed by atoms with van der Waals surface area (Å²) in [6.45, 7) is 13.8. The van der Waals surface area contributed by atoms with E-state index >= 15 is 0 Å². The second kappa shape index (κ2) is 10.1. The molecule has 1 unspecified atom stereocenters. The van der Waals surface area contributed by atoms with Gasteiger partial charge in [-0.3, -0.25) is 4.90 Å². The topological polar surface area (TPSA) is 47.6 Å². The van der Waals surface area contributed by atoms with Crippen molar-refractivity contribution in [1.29, 1.82) is 0 Å². The van der Waals surface area contributed by atoms with Crippen LogP contribution in [0.1, 0.15) is 47.0 Å². The minimum atomic E-state index is -0.00420.